The van der Waals surface area contributed by atoms with Gasteiger partial charge in [0.05, 0.1) is 19.8 Å². The van der Waals surface area contributed by atoms with Crippen molar-refractivity contribution in [1.29, 1.82) is 0 Å². The van der Waals surface area contributed by atoms with Crippen molar-refractivity contribution < 1.29 is 23.8 Å². The van der Waals surface area contributed by atoms with Gasteiger partial charge in [0, 0.05) is 4.70 Å². The predicted molar refractivity (Wildman–Crippen MR) is 96.0 cm³/mol. The normalized spacial score (nSPS) is 10.5. The van der Waals surface area contributed by atoms with Gasteiger partial charge in [0.25, 0.3) is 0 Å². The molecule has 0 atom stereocenters. The number of ketones is 1. The molecule has 1 heterocycles. The van der Waals surface area contributed by atoms with Gasteiger partial charge in [0.1, 0.15) is 16.4 Å². The fourth-order valence-electron chi connectivity index (χ4n) is 2.39. The van der Waals surface area contributed by atoms with Crippen LogP contribution >= 0.6 is 11.3 Å². The Balaban J connectivity index is 1.72. The zero-order valence-corrected chi connectivity index (χ0v) is 14.6. The molecule has 0 bridgehead atoms. The molecule has 2 aromatic carbocycles. The molecule has 0 saturated heterocycles. The SMILES string of the molecule is COc1ccc(OC)c(C(=O)COC(=O)c2cc3ccccc3s2)c1. The average molecular weight is 356 g/mol. The van der Waals surface area contributed by atoms with Crippen LogP contribution in [0.15, 0.2) is 48.5 Å². The maximum atomic E-state index is 12.4. The maximum absolute atomic E-state index is 12.4. The van der Waals surface area contributed by atoms with E-state index in [1.54, 1.807) is 24.3 Å². The molecule has 5 nitrogen and oxygen atoms in total. The third-order valence-electron chi connectivity index (χ3n) is 3.67. The number of methoxy groups -OCH3 is 2. The first-order chi connectivity index (χ1) is 12.1. The number of hydrogen-bond donors (Lipinski definition) is 0. The summed E-state index contributed by atoms with van der Waals surface area (Å²) in [5, 5.41) is 0.972. The van der Waals surface area contributed by atoms with Crippen LogP contribution in [-0.2, 0) is 4.74 Å². The minimum Gasteiger partial charge on any atom is -0.497 e. The summed E-state index contributed by atoms with van der Waals surface area (Å²) in [5.74, 6) is 0.0605. The summed E-state index contributed by atoms with van der Waals surface area (Å²) in [4.78, 5) is 25.1. The lowest BCUT2D eigenvalue weighted by atomic mass is 10.1. The minimum absolute atomic E-state index is 0.311. The van der Waals surface area contributed by atoms with E-state index in [2.05, 4.69) is 0 Å². The van der Waals surface area contributed by atoms with E-state index in [0.717, 1.165) is 10.1 Å². The zero-order chi connectivity index (χ0) is 17.8. The first kappa shape index (κ1) is 17.0. The highest BCUT2D eigenvalue weighted by atomic mass is 32.1. The summed E-state index contributed by atoms with van der Waals surface area (Å²) in [5.41, 5.74) is 0.311. The lowest BCUT2D eigenvalue weighted by Crippen LogP contribution is -2.14. The van der Waals surface area contributed by atoms with Crippen LogP contribution in [0.1, 0.15) is 20.0 Å². The Morgan fingerprint density at radius 2 is 1.80 bits per heavy atom. The number of hydrogen-bond acceptors (Lipinski definition) is 6. The van der Waals surface area contributed by atoms with E-state index in [1.807, 2.05) is 24.3 Å². The molecule has 0 radical (unpaired) electrons. The molecular weight excluding hydrogens is 340 g/mol. The third-order valence-corrected chi connectivity index (χ3v) is 4.76. The van der Waals surface area contributed by atoms with E-state index < -0.39 is 5.97 Å². The van der Waals surface area contributed by atoms with Crippen molar-refractivity contribution in [1.82, 2.24) is 0 Å². The van der Waals surface area contributed by atoms with Gasteiger partial charge in [-0.3, -0.25) is 4.79 Å². The second-order valence-corrected chi connectivity index (χ2v) is 6.30. The highest BCUT2D eigenvalue weighted by Gasteiger charge is 2.18. The first-order valence-electron chi connectivity index (χ1n) is 7.53. The van der Waals surface area contributed by atoms with Crippen LogP contribution in [0.25, 0.3) is 10.1 Å². The predicted octanol–water partition coefficient (Wildman–Crippen LogP) is 3.96. The molecule has 0 N–H and O–H groups in total. The van der Waals surface area contributed by atoms with Gasteiger partial charge in [-0.05, 0) is 35.7 Å². The largest absolute Gasteiger partial charge is 0.497 e. The topological polar surface area (TPSA) is 61.8 Å². The fraction of sp³-hybridized carbons (Fsp3) is 0.158. The van der Waals surface area contributed by atoms with E-state index in [4.69, 9.17) is 14.2 Å². The number of fused-ring (bicyclic) bond motifs is 1. The Bertz CT molecular complexity index is 895. The van der Waals surface area contributed by atoms with Crippen molar-refractivity contribution >= 4 is 33.2 Å². The van der Waals surface area contributed by atoms with Crippen LogP contribution in [0.2, 0.25) is 0 Å². The smallest absolute Gasteiger partial charge is 0.348 e. The molecule has 1 aromatic heterocycles. The van der Waals surface area contributed by atoms with Gasteiger partial charge >= 0.3 is 5.97 Å². The molecule has 0 unspecified atom stereocenters. The van der Waals surface area contributed by atoms with Crippen molar-refractivity contribution in [3.63, 3.8) is 0 Å². The van der Waals surface area contributed by atoms with E-state index in [9.17, 15) is 9.59 Å². The van der Waals surface area contributed by atoms with Gasteiger partial charge in [0.15, 0.2) is 6.61 Å². The van der Waals surface area contributed by atoms with Crippen LogP contribution in [0.4, 0.5) is 0 Å². The summed E-state index contributed by atoms with van der Waals surface area (Å²) in [6.45, 7) is -0.364. The first-order valence-corrected chi connectivity index (χ1v) is 8.35. The third kappa shape index (κ3) is 3.64. The van der Waals surface area contributed by atoms with E-state index in [1.165, 1.54) is 25.6 Å². The lowest BCUT2D eigenvalue weighted by Gasteiger charge is -2.09. The number of carbonyl (C=O) groups is 2. The molecule has 128 valence electrons. The second kappa shape index (κ2) is 7.36. The van der Waals surface area contributed by atoms with Gasteiger partial charge in [-0.15, -0.1) is 11.3 Å². The minimum atomic E-state index is -0.517. The molecule has 0 aliphatic carbocycles. The molecule has 0 amide bonds. The number of thiophene rings is 1. The zero-order valence-electron chi connectivity index (χ0n) is 13.8. The van der Waals surface area contributed by atoms with Crippen LogP contribution in [-0.4, -0.2) is 32.6 Å². The molecule has 0 aliphatic heterocycles. The summed E-state index contributed by atoms with van der Waals surface area (Å²) in [6.07, 6.45) is 0. The van der Waals surface area contributed by atoms with Crippen LogP contribution < -0.4 is 9.47 Å². The molecular formula is C19H16O5S. The van der Waals surface area contributed by atoms with Crippen LogP contribution in [0.3, 0.4) is 0 Å². The number of rotatable bonds is 6. The Kier molecular flexibility index (Phi) is 5.00. The molecule has 0 saturated carbocycles. The number of Topliss-reactive ketones (excluding diaryl/α,β-unsaturated/α-hetero) is 1. The fourth-order valence-corrected chi connectivity index (χ4v) is 3.35. The maximum Gasteiger partial charge on any atom is 0.348 e. The Hall–Kier alpha value is -2.86. The van der Waals surface area contributed by atoms with Crippen molar-refractivity contribution in [2.45, 2.75) is 0 Å². The molecule has 3 rings (SSSR count). The second-order valence-electron chi connectivity index (χ2n) is 5.21. The lowest BCUT2D eigenvalue weighted by molar-refractivity contribution is 0.0479. The molecule has 3 aromatic rings. The number of carbonyl (C=O) groups excluding carboxylic acids is 2. The Morgan fingerprint density at radius 1 is 1.00 bits per heavy atom. The summed E-state index contributed by atoms with van der Waals surface area (Å²) in [6, 6.07) is 14.3. The van der Waals surface area contributed by atoms with Crippen LogP contribution in [0, 0.1) is 0 Å². The summed E-state index contributed by atoms with van der Waals surface area (Å²) < 4.78 is 16.5. The van der Waals surface area contributed by atoms with Crippen molar-refractivity contribution in [3.8, 4) is 11.5 Å². The molecule has 0 fully saturated rings. The highest BCUT2D eigenvalue weighted by Crippen LogP contribution is 2.27. The van der Waals surface area contributed by atoms with Gasteiger partial charge in [-0.2, -0.15) is 0 Å². The quantitative estimate of drug-likeness (QED) is 0.494. The monoisotopic (exact) mass is 356 g/mol. The number of ether oxygens (including phenoxy) is 3. The van der Waals surface area contributed by atoms with Crippen molar-refractivity contribution in [2.24, 2.45) is 0 Å². The number of esters is 1. The van der Waals surface area contributed by atoms with Gasteiger partial charge < -0.3 is 14.2 Å². The van der Waals surface area contributed by atoms with E-state index in [0.29, 0.717) is 21.9 Å². The van der Waals surface area contributed by atoms with E-state index in [-0.39, 0.29) is 12.4 Å². The van der Waals surface area contributed by atoms with E-state index >= 15 is 0 Å². The molecule has 25 heavy (non-hydrogen) atoms. The van der Waals surface area contributed by atoms with Crippen LogP contribution in [0.5, 0.6) is 11.5 Å². The van der Waals surface area contributed by atoms with Crippen molar-refractivity contribution in [2.75, 3.05) is 20.8 Å². The summed E-state index contributed by atoms with van der Waals surface area (Å²) in [7, 11) is 2.99. The highest BCUT2D eigenvalue weighted by molar-refractivity contribution is 7.20. The van der Waals surface area contributed by atoms with Gasteiger partial charge in [-0.25, -0.2) is 4.79 Å². The number of benzene rings is 2. The Labute approximate surface area is 148 Å². The van der Waals surface area contributed by atoms with Gasteiger partial charge in [-0.1, -0.05) is 18.2 Å². The molecule has 6 heteroatoms. The molecule has 0 spiro atoms. The Morgan fingerprint density at radius 3 is 2.52 bits per heavy atom. The molecule has 0 aliphatic rings. The van der Waals surface area contributed by atoms with Crippen molar-refractivity contribution in [3.05, 3.63) is 59.0 Å². The standard InChI is InChI=1S/C19H16O5S/c1-22-13-7-8-16(23-2)14(10-13)15(20)11-24-19(21)18-9-12-5-3-4-6-17(12)25-18/h3-10H,11H2,1-2H3. The summed E-state index contributed by atoms with van der Waals surface area (Å²) >= 11 is 1.34. The van der Waals surface area contributed by atoms with Gasteiger partial charge in [0.2, 0.25) is 5.78 Å². The average Bonchev–Trinajstić information content (AvgIpc) is 3.09.